The molecule has 0 fully saturated rings. The van der Waals surface area contributed by atoms with Gasteiger partial charge in [0.25, 0.3) is 0 Å². The number of benzene rings is 1. The normalized spacial score (nSPS) is 20.6. The average molecular weight is 271 g/mol. The van der Waals surface area contributed by atoms with Gasteiger partial charge < -0.3 is 10.3 Å². The second kappa shape index (κ2) is 5.37. The first-order chi connectivity index (χ1) is 9.70. The zero-order valence-corrected chi connectivity index (χ0v) is 12.0. The lowest BCUT2D eigenvalue weighted by Gasteiger charge is -2.13. The van der Waals surface area contributed by atoms with Gasteiger partial charge in [-0.1, -0.05) is 36.3 Å². The second-order valence-electron chi connectivity index (χ2n) is 5.65. The first-order valence-electron chi connectivity index (χ1n) is 7.37. The van der Waals surface area contributed by atoms with E-state index in [1.165, 1.54) is 11.1 Å². The van der Waals surface area contributed by atoms with Crippen LogP contribution in [0.25, 0.3) is 0 Å². The molecule has 1 aliphatic rings. The van der Waals surface area contributed by atoms with Gasteiger partial charge in [-0.3, -0.25) is 0 Å². The average Bonchev–Trinajstić information content (AvgIpc) is 3.05. The summed E-state index contributed by atoms with van der Waals surface area (Å²) in [6, 6.07) is 8.56. The molecule has 0 saturated heterocycles. The molecule has 0 aliphatic heterocycles. The van der Waals surface area contributed by atoms with Crippen molar-refractivity contribution in [3.05, 3.63) is 47.1 Å². The van der Waals surface area contributed by atoms with Crippen LogP contribution in [-0.4, -0.2) is 16.2 Å². The van der Waals surface area contributed by atoms with Gasteiger partial charge in [-0.2, -0.15) is 4.98 Å². The lowest BCUT2D eigenvalue weighted by Crippen LogP contribution is -2.24. The molecule has 4 heteroatoms. The van der Waals surface area contributed by atoms with E-state index >= 15 is 0 Å². The number of rotatable bonds is 4. The molecule has 1 aromatic heterocycles. The summed E-state index contributed by atoms with van der Waals surface area (Å²) in [6.45, 7) is 4.09. The Hall–Kier alpha value is -1.68. The van der Waals surface area contributed by atoms with Crippen LogP contribution in [0.2, 0.25) is 0 Å². The number of hydrogen-bond donors (Lipinski definition) is 1. The molecule has 3 rings (SSSR count). The molecule has 0 saturated carbocycles. The third kappa shape index (κ3) is 2.24. The molecule has 0 spiro atoms. The molecular formula is C16H21N3O. The summed E-state index contributed by atoms with van der Waals surface area (Å²) in [4.78, 5) is 4.63. The van der Waals surface area contributed by atoms with Crippen LogP contribution in [0, 0.1) is 0 Å². The van der Waals surface area contributed by atoms with E-state index in [1.54, 1.807) is 0 Å². The lowest BCUT2D eigenvalue weighted by atomic mass is 9.98. The minimum Gasteiger partial charge on any atom is -0.339 e. The predicted molar refractivity (Wildman–Crippen MR) is 77.6 cm³/mol. The van der Waals surface area contributed by atoms with Gasteiger partial charge in [-0.05, 0) is 37.3 Å². The van der Waals surface area contributed by atoms with Gasteiger partial charge in [0, 0.05) is 12.0 Å². The Balaban J connectivity index is 1.88. The number of aromatic nitrogens is 2. The summed E-state index contributed by atoms with van der Waals surface area (Å²) < 4.78 is 5.47. The number of fused-ring (bicyclic) bond motifs is 1. The standard InChI is InChI=1S/C16H21N3O/c1-3-12(10(2)17)16-18-15(19-20-16)14-9-8-11-6-4-5-7-13(11)14/h4-7,10,12,14H,3,8-9,17H2,1-2H3. The van der Waals surface area contributed by atoms with Gasteiger partial charge in [-0.25, -0.2) is 0 Å². The first kappa shape index (κ1) is 13.3. The maximum Gasteiger partial charge on any atom is 0.231 e. The van der Waals surface area contributed by atoms with Gasteiger partial charge >= 0.3 is 0 Å². The highest BCUT2D eigenvalue weighted by Gasteiger charge is 2.29. The van der Waals surface area contributed by atoms with Crippen molar-refractivity contribution in [3.63, 3.8) is 0 Å². The summed E-state index contributed by atoms with van der Waals surface area (Å²) >= 11 is 0. The second-order valence-corrected chi connectivity index (χ2v) is 5.65. The van der Waals surface area contributed by atoms with E-state index < -0.39 is 0 Å². The molecule has 4 nitrogen and oxygen atoms in total. The van der Waals surface area contributed by atoms with Crippen LogP contribution >= 0.6 is 0 Å². The Kier molecular flexibility index (Phi) is 3.57. The first-order valence-corrected chi connectivity index (χ1v) is 7.37. The van der Waals surface area contributed by atoms with Crippen molar-refractivity contribution in [1.82, 2.24) is 10.1 Å². The van der Waals surface area contributed by atoms with Crippen molar-refractivity contribution in [2.75, 3.05) is 0 Å². The van der Waals surface area contributed by atoms with Crippen LogP contribution < -0.4 is 5.73 Å². The fraction of sp³-hybridized carbons (Fsp3) is 0.500. The minimum atomic E-state index is 0.0316. The molecule has 3 atom stereocenters. The molecule has 0 radical (unpaired) electrons. The monoisotopic (exact) mass is 271 g/mol. The van der Waals surface area contributed by atoms with Gasteiger partial charge in [0.2, 0.25) is 5.89 Å². The zero-order chi connectivity index (χ0) is 14.1. The van der Waals surface area contributed by atoms with Crippen molar-refractivity contribution in [2.24, 2.45) is 5.73 Å². The number of aryl methyl sites for hydroxylation is 1. The number of nitrogens with zero attached hydrogens (tertiary/aromatic N) is 2. The summed E-state index contributed by atoms with van der Waals surface area (Å²) in [5.74, 6) is 1.91. The van der Waals surface area contributed by atoms with Crippen molar-refractivity contribution in [2.45, 2.75) is 51.0 Å². The van der Waals surface area contributed by atoms with E-state index in [1.807, 2.05) is 6.92 Å². The Bertz CT molecular complexity index is 591. The van der Waals surface area contributed by atoms with E-state index in [4.69, 9.17) is 10.3 Å². The molecule has 3 unspecified atom stereocenters. The Morgan fingerprint density at radius 2 is 2.20 bits per heavy atom. The van der Waals surface area contributed by atoms with Crippen molar-refractivity contribution >= 4 is 0 Å². The summed E-state index contributed by atoms with van der Waals surface area (Å²) in [6.07, 6.45) is 3.07. The van der Waals surface area contributed by atoms with Gasteiger partial charge in [0.1, 0.15) is 0 Å². The van der Waals surface area contributed by atoms with Crippen LogP contribution in [0.4, 0.5) is 0 Å². The van der Waals surface area contributed by atoms with E-state index in [0.717, 1.165) is 25.1 Å². The topological polar surface area (TPSA) is 64.9 Å². The maximum absolute atomic E-state index is 5.99. The molecule has 2 N–H and O–H groups in total. The molecule has 1 heterocycles. The van der Waals surface area contributed by atoms with E-state index in [0.29, 0.717) is 5.89 Å². The van der Waals surface area contributed by atoms with Crippen molar-refractivity contribution in [3.8, 4) is 0 Å². The highest BCUT2D eigenvalue weighted by atomic mass is 16.5. The molecule has 0 bridgehead atoms. The highest BCUT2D eigenvalue weighted by Crippen LogP contribution is 2.37. The number of nitrogens with two attached hydrogens (primary N) is 1. The van der Waals surface area contributed by atoms with Crippen molar-refractivity contribution < 1.29 is 4.52 Å². The fourth-order valence-corrected chi connectivity index (χ4v) is 3.14. The summed E-state index contributed by atoms with van der Waals surface area (Å²) in [7, 11) is 0. The van der Waals surface area contributed by atoms with Crippen LogP contribution in [0.1, 0.15) is 61.4 Å². The van der Waals surface area contributed by atoms with E-state index in [-0.39, 0.29) is 17.9 Å². The third-order valence-electron chi connectivity index (χ3n) is 4.29. The largest absolute Gasteiger partial charge is 0.339 e. The van der Waals surface area contributed by atoms with E-state index in [2.05, 4.69) is 41.3 Å². The molecule has 106 valence electrons. The van der Waals surface area contributed by atoms with Crippen LogP contribution in [0.5, 0.6) is 0 Å². The maximum atomic E-state index is 5.99. The Labute approximate surface area is 119 Å². The molecule has 20 heavy (non-hydrogen) atoms. The van der Waals surface area contributed by atoms with Crippen LogP contribution in [0.15, 0.2) is 28.8 Å². The Morgan fingerprint density at radius 3 is 2.95 bits per heavy atom. The number of hydrogen-bond acceptors (Lipinski definition) is 4. The molecule has 1 aliphatic carbocycles. The summed E-state index contributed by atoms with van der Waals surface area (Å²) in [5.41, 5.74) is 8.74. The predicted octanol–water partition coefficient (Wildman–Crippen LogP) is 2.99. The van der Waals surface area contributed by atoms with Gasteiger partial charge in [-0.15, -0.1) is 0 Å². The molecule has 1 aromatic carbocycles. The van der Waals surface area contributed by atoms with Crippen molar-refractivity contribution in [1.29, 1.82) is 0 Å². The van der Waals surface area contributed by atoms with Crippen LogP contribution in [-0.2, 0) is 6.42 Å². The Morgan fingerprint density at radius 1 is 1.40 bits per heavy atom. The minimum absolute atomic E-state index is 0.0316. The highest BCUT2D eigenvalue weighted by molar-refractivity contribution is 5.38. The fourth-order valence-electron chi connectivity index (χ4n) is 3.14. The van der Waals surface area contributed by atoms with Crippen LogP contribution in [0.3, 0.4) is 0 Å². The smallest absolute Gasteiger partial charge is 0.231 e. The molecule has 2 aromatic rings. The van der Waals surface area contributed by atoms with E-state index in [9.17, 15) is 0 Å². The lowest BCUT2D eigenvalue weighted by molar-refractivity contribution is 0.330. The van der Waals surface area contributed by atoms with Gasteiger partial charge in [0.05, 0.1) is 5.92 Å². The molecular weight excluding hydrogens is 250 g/mol. The summed E-state index contributed by atoms with van der Waals surface area (Å²) in [5, 5.41) is 4.21. The molecule has 0 amide bonds. The SMILES string of the molecule is CCC(c1nc(C2CCc3ccccc32)no1)C(C)N. The zero-order valence-electron chi connectivity index (χ0n) is 12.0. The quantitative estimate of drug-likeness (QED) is 0.928. The third-order valence-corrected chi connectivity index (χ3v) is 4.29. The van der Waals surface area contributed by atoms with Gasteiger partial charge in [0.15, 0.2) is 5.82 Å².